The van der Waals surface area contributed by atoms with Crippen LogP contribution >= 0.6 is 31.3 Å². The van der Waals surface area contributed by atoms with Crippen LogP contribution in [0.3, 0.4) is 0 Å². The molecule has 0 saturated carbocycles. The summed E-state index contributed by atoms with van der Waals surface area (Å²) in [4.78, 5) is 55.5. The summed E-state index contributed by atoms with van der Waals surface area (Å²) in [5, 5.41) is 0. The van der Waals surface area contributed by atoms with Gasteiger partial charge < -0.3 is 47.3 Å². The molecule has 6 unspecified atom stereocenters. The molecule has 1 aliphatic rings. The van der Waals surface area contributed by atoms with Crippen molar-refractivity contribution in [2.45, 2.75) is 31.6 Å². The Morgan fingerprint density at radius 3 is 2.12 bits per heavy atom. The lowest BCUT2D eigenvalue weighted by Gasteiger charge is -2.37. The molecule has 1 heterocycles. The Morgan fingerprint density at radius 2 is 1.56 bits per heavy atom. The van der Waals surface area contributed by atoms with Crippen molar-refractivity contribution >= 4 is 39.1 Å². The molecule has 1 saturated heterocycles. The van der Waals surface area contributed by atoms with Crippen molar-refractivity contribution in [3.63, 3.8) is 0 Å². The van der Waals surface area contributed by atoms with Gasteiger partial charge in [0.15, 0.2) is 0 Å². The Labute approximate surface area is 183 Å². The SMILES string of the molecule is [B]C1CC(OP(=O)([O-])Oc2ccc(C)cc2)C(COP(=O)([O-])OP(=O)([O-])OP(=O)([O-])[O-])O1. The topological polar surface area (TPSA) is 239 Å². The largest absolute Gasteiger partial charge is 0.790 e. The zero-order valence-corrected chi connectivity index (χ0v) is 19.5. The van der Waals surface area contributed by atoms with Gasteiger partial charge in [0.05, 0.1) is 20.5 Å². The van der Waals surface area contributed by atoms with Gasteiger partial charge in [0.1, 0.15) is 19.7 Å². The molecule has 2 rings (SSSR count). The summed E-state index contributed by atoms with van der Waals surface area (Å²) in [5.74, 6) is -0.0670. The summed E-state index contributed by atoms with van der Waals surface area (Å²) in [6.07, 6.45) is -3.12. The average Bonchev–Trinajstić information content (AvgIpc) is 2.90. The molecule has 6 atom stereocenters. The number of ether oxygens (including phenoxy) is 1. The van der Waals surface area contributed by atoms with Crippen molar-refractivity contribution in [2.75, 3.05) is 6.61 Å². The molecular weight excluding hydrogens is 519 g/mol. The molecule has 180 valence electrons. The first-order valence-electron chi connectivity index (χ1n) is 8.33. The summed E-state index contributed by atoms with van der Waals surface area (Å²) in [6, 6.07) is 4.75. The molecule has 15 nitrogen and oxygen atoms in total. The molecule has 0 aliphatic carbocycles. The first-order chi connectivity index (χ1) is 14.5. The Hall–Kier alpha value is -0.395. The van der Waals surface area contributed by atoms with Crippen LogP contribution in [0.4, 0.5) is 0 Å². The Bertz CT molecular complexity index is 979. The fraction of sp³-hybridized carbons (Fsp3) is 0.500. The third kappa shape index (κ3) is 9.84. The maximum absolute atomic E-state index is 12.1. The maximum Gasteiger partial charge on any atom is 0.320 e. The summed E-state index contributed by atoms with van der Waals surface area (Å²) in [6.45, 7) is 0.700. The third-order valence-electron chi connectivity index (χ3n) is 3.53. The standard InChI is InChI=1S/C12H19BO15P4/c1-8-2-4-9(5-3-8)25-31(19,20)26-10-6-12(13)24-11(10)7-23-30(17,18)28-32(21,22)27-29(14,15)16/h2-5,10-12H,6-7H2,1H3,(H,17,18)(H,19,20)(H,21,22)(H2,14,15,16)/p-5. The van der Waals surface area contributed by atoms with E-state index in [0.717, 1.165) is 5.56 Å². The van der Waals surface area contributed by atoms with Crippen LogP contribution in [0.15, 0.2) is 24.3 Å². The van der Waals surface area contributed by atoms with Crippen molar-refractivity contribution in [1.29, 1.82) is 0 Å². The van der Waals surface area contributed by atoms with Crippen molar-refractivity contribution < 1.29 is 69.7 Å². The third-order valence-corrected chi connectivity index (χ3v) is 8.16. The van der Waals surface area contributed by atoms with Crippen LogP contribution in [-0.2, 0) is 40.7 Å². The smallest absolute Gasteiger partial charge is 0.320 e. The van der Waals surface area contributed by atoms with Gasteiger partial charge in [-0.25, -0.2) is 4.31 Å². The molecule has 1 aromatic rings. The molecular formula is C12H14BO15P4-5. The van der Waals surface area contributed by atoms with E-state index in [1.54, 1.807) is 19.1 Å². The molecule has 1 aliphatic heterocycles. The normalized spacial score (nSPS) is 27.2. The highest BCUT2D eigenvalue weighted by Gasteiger charge is 2.37. The van der Waals surface area contributed by atoms with Crippen LogP contribution in [-0.4, -0.2) is 32.7 Å². The second-order valence-electron chi connectivity index (χ2n) is 6.24. The van der Waals surface area contributed by atoms with E-state index >= 15 is 0 Å². The Kier molecular flexibility index (Phi) is 9.11. The van der Waals surface area contributed by atoms with E-state index in [1.165, 1.54) is 12.1 Å². The minimum absolute atomic E-state index is 0.0670. The van der Waals surface area contributed by atoms with Crippen LogP contribution in [0.25, 0.3) is 0 Å². The zero-order chi connectivity index (χ0) is 24.4. The second kappa shape index (κ2) is 10.5. The fourth-order valence-corrected chi connectivity index (χ4v) is 6.21. The van der Waals surface area contributed by atoms with Crippen LogP contribution in [0.1, 0.15) is 12.0 Å². The van der Waals surface area contributed by atoms with E-state index in [1.807, 2.05) is 0 Å². The number of hydrogen-bond donors (Lipinski definition) is 0. The number of phosphoric acid groups is 4. The van der Waals surface area contributed by atoms with Gasteiger partial charge in [0.2, 0.25) is 0 Å². The highest BCUT2D eigenvalue weighted by atomic mass is 31.3. The molecule has 2 radical (unpaired) electrons. The molecule has 0 spiro atoms. The molecule has 32 heavy (non-hydrogen) atoms. The van der Waals surface area contributed by atoms with E-state index in [-0.39, 0.29) is 12.2 Å². The van der Waals surface area contributed by atoms with E-state index in [4.69, 9.17) is 21.6 Å². The molecule has 0 amide bonds. The predicted octanol–water partition coefficient (Wildman–Crippen LogP) is -1.67. The van der Waals surface area contributed by atoms with Gasteiger partial charge in [-0.2, -0.15) is 0 Å². The Morgan fingerprint density at radius 1 is 0.969 bits per heavy atom. The van der Waals surface area contributed by atoms with Gasteiger partial charge >= 0.3 is 7.82 Å². The van der Waals surface area contributed by atoms with Crippen molar-refractivity contribution in [1.82, 2.24) is 0 Å². The molecule has 0 bridgehead atoms. The van der Waals surface area contributed by atoms with Gasteiger partial charge in [-0.05, 0) is 25.5 Å². The first-order valence-corrected chi connectivity index (χ1v) is 14.2. The van der Waals surface area contributed by atoms with E-state index in [0.29, 0.717) is 0 Å². The molecule has 0 N–H and O–H groups in total. The number of aryl methyl sites for hydroxylation is 1. The van der Waals surface area contributed by atoms with E-state index in [9.17, 15) is 42.7 Å². The molecule has 0 aromatic heterocycles. The minimum atomic E-state index is -6.15. The van der Waals surface area contributed by atoms with Crippen molar-refractivity contribution in [2.24, 2.45) is 0 Å². The van der Waals surface area contributed by atoms with Gasteiger partial charge in [-0.15, -0.1) is 0 Å². The Balaban J connectivity index is 1.99. The second-order valence-corrected chi connectivity index (χ2v) is 11.8. The van der Waals surface area contributed by atoms with Crippen LogP contribution < -0.4 is 29.0 Å². The fourth-order valence-electron chi connectivity index (χ4n) is 2.37. The predicted molar refractivity (Wildman–Crippen MR) is 94.3 cm³/mol. The summed E-state index contributed by atoms with van der Waals surface area (Å²) >= 11 is 0. The summed E-state index contributed by atoms with van der Waals surface area (Å²) < 4.78 is 70.5. The summed E-state index contributed by atoms with van der Waals surface area (Å²) in [7, 11) is -17.6. The van der Waals surface area contributed by atoms with Crippen LogP contribution in [0, 0.1) is 6.92 Å². The van der Waals surface area contributed by atoms with Gasteiger partial charge in [-0.3, -0.25) is 18.0 Å². The maximum atomic E-state index is 12.1. The van der Waals surface area contributed by atoms with E-state index < -0.39 is 56.1 Å². The average molecular weight is 533 g/mol. The summed E-state index contributed by atoms with van der Waals surface area (Å²) in [5.41, 5.74) is 0.831. The quantitative estimate of drug-likeness (QED) is 0.228. The lowest BCUT2D eigenvalue weighted by Crippen LogP contribution is -2.31. The van der Waals surface area contributed by atoms with Crippen LogP contribution in [0.5, 0.6) is 5.75 Å². The number of benzene rings is 1. The monoisotopic (exact) mass is 533 g/mol. The van der Waals surface area contributed by atoms with E-state index in [2.05, 4.69) is 13.1 Å². The van der Waals surface area contributed by atoms with Gasteiger partial charge in [-0.1, -0.05) is 17.7 Å². The highest BCUT2D eigenvalue weighted by Crippen LogP contribution is 2.60. The van der Waals surface area contributed by atoms with Gasteiger partial charge in [0.25, 0.3) is 15.6 Å². The molecule has 20 heteroatoms. The lowest BCUT2D eigenvalue weighted by molar-refractivity contribution is -0.339. The molecule has 1 aromatic carbocycles. The number of hydrogen-bond acceptors (Lipinski definition) is 15. The number of rotatable bonds is 11. The van der Waals surface area contributed by atoms with Gasteiger partial charge in [0, 0.05) is 6.00 Å². The van der Waals surface area contributed by atoms with Crippen molar-refractivity contribution in [3.8, 4) is 5.75 Å². The van der Waals surface area contributed by atoms with Crippen LogP contribution in [0.2, 0.25) is 0 Å². The molecule has 1 fully saturated rings. The minimum Gasteiger partial charge on any atom is -0.790 e. The number of phosphoric ester groups is 2. The first kappa shape index (κ1) is 27.8. The lowest BCUT2D eigenvalue weighted by atomic mass is 9.96. The zero-order valence-electron chi connectivity index (χ0n) is 15.9. The van der Waals surface area contributed by atoms with Crippen molar-refractivity contribution in [3.05, 3.63) is 29.8 Å². The highest BCUT2D eigenvalue weighted by molar-refractivity contribution is 7.64.